The summed E-state index contributed by atoms with van der Waals surface area (Å²) < 4.78 is 5.19. The normalized spacial score (nSPS) is 10.3. The molecule has 0 aliphatic carbocycles. The van der Waals surface area contributed by atoms with E-state index in [1.807, 2.05) is 182 Å². The zero-order valence-electron chi connectivity index (χ0n) is 50.5. The lowest BCUT2D eigenvalue weighted by Crippen LogP contribution is -2.24. The molecule has 0 unspecified atom stereocenters. The topological polar surface area (TPSA) is 357 Å². The predicted molar refractivity (Wildman–Crippen MR) is 370 cm³/mol. The molecule has 0 fully saturated rings. The number of amides is 1. The van der Waals surface area contributed by atoms with E-state index in [0.717, 1.165) is 85.8 Å². The largest absolute Gasteiger partial charge is 0.461 e. The summed E-state index contributed by atoms with van der Waals surface area (Å²) in [5.41, 5.74) is 74.0. The summed E-state index contributed by atoms with van der Waals surface area (Å²) >= 11 is 0. The zero-order chi connectivity index (χ0) is 64.5. The Hall–Kier alpha value is -11.6. The summed E-state index contributed by atoms with van der Waals surface area (Å²) in [6.45, 7) is 1.92. The molecule has 0 saturated carbocycles. The number of esters is 1. The highest BCUT2D eigenvalue weighted by atomic mass is 16.5. The van der Waals surface area contributed by atoms with Crippen LogP contribution in [0.15, 0.2) is 253 Å². The number of rotatable bonds is 19. The van der Waals surface area contributed by atoms with Gasteiger partial charge in [-0.1, -0.05) is 121 Å². The Kier molecular flexibility index (Phi) is 27.3. The summed E-state index contributed by atoms with van der Waals surface area (Å²) in [5.74, 6) is -0.0901. The summed E-state index contributed by atoms with van der Waals surface area (Å²) in [6.07, 6.45) is 3.54. The highest BCUT2D eigenvalue weighted by molar-refractivity contribution is 5.83. The molecule has 10 aromatic rings. The van der Waals surface area contributed by atoms with E-state index in [4.69, 9.17) is 62.1 Å². The second kappa shape index (κ2) is 36.4. The van der Waals surface area contributed by atoms with Crippen molar-refractivity contribution in [1.29, 1.82) is 0 Å². The van der Waals surface area contributed by atoms with Gasteiger partial charge < -0.3 is 67.4 Å². The van der Waals surface area contributed by atoms with Crippen LogP contribution in [0.4, 0.5) is 56.9 Å². The Balaban J connectivity index is 0.000000179. The van der Waals surface area contributed by atoms with E-state index in [-0.39, 0.29) is 30.7 Å². The SMILES string of the molecule is Nc1ccc(CC(=O)Cc2ccc(N)cc2)cc1.Nc1ccc(CCc2ccc(N)cc2)cc1.Nc1ccc(CN=NCc2ccc(N)cc2)cc1.Nc1ccc(CNC(=O)Cc2ccc(N)cc2)cc1.Nc1ccc(COC(=O)Cc2ccc(N)cc2)cc1. The van der Waals surface area contributed by atoms with Crippen LogP contribution in [0.1, 0.15) is 55.6 Å². The second-order valence-corrected chi connectivity index (χ2v) is 21.2. The van der Waals surface area contributed by atoms with Gasteiger partial charge in [0.25, 0.3) is 0 Å². The third kappa shape index (κ3) is 27.2. The number of carbonyl (C=O) groups is 3. The van der Waals surface area contributed by atoms with Crippen molar-refractivity contribution in [1.82, 2.24) is 5.32 Å². The minimum absolute atomic E-state index is 0.0124. The number of nitrogens with one attached hydrogen (secondary N) is 1. The molecule has 17 heteroatoms. The van der Waals surface area contributed by atoms with E-state index < -0.39 is 0 Å². The van der Waals surface area contributed by atoms with Gasteiger partial charge in [-0.25, -0.2) is 0 Å². The lowest BCUT2D eigenvalue weighted by Gasteiger charge is -2.06. The number of nitrogens with zero attached hydrogens (tertiary/aromatic N) is 2. The number of carbonyl (C=O) groups excluding carboxylic acids is 3. The van der Waals surface area contributed by atoms with E-state index in [0.29, 0.717) is 67.3 Å². The number of anilines is 10. The van der Waals surface area contributed by atoms with E-state index in [1.165, 1.54) is 11.1 Å². The maximum absolute atomic E-state index is 11.9. The molecular formula is C73H81N13O4. The average Bonchev–Trinajstić information content (AvgIpc) is 3.71. The molecule has 0 aliphatic heterocycles. The van der Waals surface area contributed by atoms with Crippen LogP contribution in [-0.4, -0.2) is 17.7 Å². The van der Waals surface area contributed by atoms with Gasteiger partial charge in [0, 0.05) is 76.3 Å². The maximum atomic E-state index is 11.9. The van der Waals surface area contributed by atoms with Crippen LogP contribution in [0.5, 0.6) is 0 Å². The number of benzene rings is 10. The van der Waals surface area contributed by atoms with Crippen LogP contribution in [0.25, 0.3) is 0 Å². The second-order valence-electron chi connectivity index (χ2n) is 21.2. The van der Waals surface area contributed by atoms with Crippen molar-refractivity contribution in [2.75, 3.05) is 57.3 Å². The van der Waals surface area contributed by atoms with Crippen LogP contribution < -0.4 is 62.7 Å². The van der Waals surface area contributed by atoms with Gasteiger partial charge in [0.05, 0.1) is 25.9 Å². The minimum Gasteiger partial charge on any atom is -0.461 e. The fourth-order valence-corrected chi connectivity index (χ4v) is 8.31. The van der Waals surface area contributed by atoms with Gasteiger partial charge >= 0.3 is 5.97 Å². The fourth-order valence-electron chi connectivity index (χ4n) is 8.31. The fraction of sp³-hybridized carbons (Fsp3) is 0.137. The number of hydrogen-bond acceptors (Lipinski definition) is 16. The maximum Gasteiger partial charge on any atom is 0.310 e. The molecule has 462 valence electrons. The van der Waals surface area contributed by atoms with E-state index in [9.17, 15) is 14.4 Å². The van der Waals surface area contributed by atoms with E-state index in [2.05, 4.69) is 39.8 Å². The number of ketones is 1. The standard InChI is InChI=1S/C15H17N3O.C15H16N2O2.C15H16N2O.C14H16N4.C14H16N2/c16-13-5-1-11(2-6-13)9-15(19)18-10-12-3-7-14(17)8-4-12;16-13-5-1-11(2-6-13)9-15(18)19-10-12-3-7-14(17)8-4-12;16-13-5-1-11(2-6-13)9-15(18)10-12-3-7-14(17)8-4-12;15-13-5-1-11(2-6-13)9-17-18-10-12-3-7-14(16)8-4-12;15-13-7-3-11(4-8-13)1-2-12-5-9-14(16)10-6-12/h1-8H,9-10,16-17H2,(H,18,19);1-8H,9-10,16-17H2;1-8H,9-10,16-17H2;1-8H,9-10,15-16H2;3-10H,1-2,15-16H2. The lowest BCUT2D eigenvalue weighted by molar-refractivity contribution is -0.144. The third-order valence-corrected chi connectivity index (χ3v) is 13.5. The van der Waals surface area contributed by atoms with Crippen LogP contribution in [0, 0.1) is 0 Å². The number of nitrogens with two attached hydrogens (primary N) is 10. The Morgan fingerprint density at radius 3 is 0.811 bits per heavy atom. The molecule has 21 N–H and O–H groups in total. The molecule has 0 radical (unpaired) electrons. The predicted octanol–water partition coefficient (Wildman–Crippen LogP) is 11.7. The number of hydrogen-bond donors (Lipinski definition) is 11. The van der Waals surface area contributed by atoms with Crippen molar-refractivity contribution < 1.29 is 19.1 Å². The third-order valence-electron chi connectivity index (χ3n) is 13.5. The molecule has 0 spiro atoms. The number of Topliss-reactive ketones (excluding diaryl/α,β-unsaturated/α-hetero) is 1. The Morgan fingerprint density at radius 1 is 0.278 bits per heavy atom. The van der Waals surface area contributed by atoms with Crippen molar-refractivity contribution in [3.05, 3.63) is 298 Å². The Labute approximate surface area is 527 Å². The van der Waals surface area contributed by atoms with Crippen LogP contribution in [0.3, 0.4) is 0 Å². The molecule has 0 atom stereocenters. The number of nitrogen functional groups attached to an aromatic ring is 10. The monoisotopic (exact) mass is 1200 g/mol. The van der Waals surface area contributed by atoms with E-state index in [1.54, 1.807) is 36.4 Å². The molecule has 0 bridgehead atoms. The molecular weight excluding hydrogens is 1120 g/mol. The molecule has 0 saturated heterocycles. The highest BCUT2D eigenvalue weighted by Crippen LogP contribution is 2.16. The average molecular weight is 1200 g/mol. The number of ether oxygens (including phenoxy) is 1. The molecule has 0 aromatic heterocycles. The molecule has 1 amide bonds. The first kappa shape index (κ1) is 67.5. The van der Waals surface area contributed by atoms with Gasteiger partial charge in [-0.2, -0.15) is 10.2 Å². The molecule has 10 rings (SSSR count). The highest BCUT2D eigenvalue weighted by Gasteiger charge is 2.08. The van der Waals surface area contributed by atoms with Gasteiger partial charge in [-0.15, -0.1) is 0 Å². The minimum atomic E-state index is -0.262. The molecule has 0 aliphatic rings. The quantitative estimate of drug-likeness (QED) is 0.0204. The number of aryl methyl sites for hydroxylation is 2. The molecule has 90 heavy (non-hydrogen) atoms. The smallest absolute Gasteiger partial charge is 0.310 e. The van der Waals surface area contributed by atoms with Crippen molar-refractivity contribution >= 4 is 74.5 Å². The van der Waals surface area contributed by atoms with Crippen LogP contribution >= 0.6 is 0 Å². The molecule has 10 aromatic carbocycles. The van der Waals surface area contributed by atoms with Crippen molar-refractivity contribution in [2.45, 2.75) is 64.8 Å². The van der Waals surface area contributed by atoms with Crippen molar-refractivity contribution in [2.24, 2.45) is 10.2 Å². The van der Waals surface area contributed by atoms with Gasteiger partial charge in [0.2, 0.25) is 5.91 Å². The van der Waals surface area contributed by atoms with Crippen molar-refractivity contribution in [3.8, 4) is 0 Å². The van der Waals surface area contributed by atoms with Gasteiger partial charge in [0.15, 0.2) is 0 Å². The first-order valence-corrected chi connectivity index (χ1v) is 29.1. The number of azo groups is 1. The summed E-state index contributed by atoms with van der Waals surface area (Å²) in [4.78, 5) is 35.3. The van der Waals surface area contributed by atoms with Gasteiger partial charge in [-0.05, 0) is 190 Å². The van der Waals surface area contributed by atoms with Crippen LogP contribution in [0.2, 0.25) is 0 Å². The summed E-state index contributed by atoms with van der Waals surface area (Å²) in [6, 6.07) is 75.3. The molecule has 0 heterocycles. The van der Waals surface area contributed by atoms with Gasteiger partial charge in [-0.3, -0.25) is 14.4 Å². The van der Waals surface area contributed by atoms with Crippen LogP contribution in [-0.2, 0) is 83.9 Å². The molecule has 17 nitrogen and oxygen atoms in total. The van der Waals surface area contributed by atoms with E-state index >= 15 is 0 Å². The Morgan fingerprint density at radius 2 is 0.511 bits per heavy atom. The van der Waals surface area contributed by atoms with Crippen molar-refractivity contribution in [3.63, 3.8) is 0 Å². The first-order chi connectivity index (χ1) is 43.4. The summed E-state index contributed by atoms with van der Waals surface area (Å²) in [5, 5.41) is 11.2. The Bertz CT molecular complexity index is 3510. The first-order valence-electron chi connectivity index (χ1n) is 29.1. The van der Waals surface area contributed by atoms with Gasteiger partial charge in [0.1, 0.15) is 12.4 Å². The summed E-state index contributed by atoms with van der Waals surface area (Å²) in [7, 11) is 0. The zero-order valence-corrected chi connectivity index (χ0v) is 50.5. The lowest BCUT2D eigenvalue weighted by atomic mass is 10.0.